The molecule has 1 aliphatic rings. The number of nitrogens with two attached hydrogens (primary N) is 1. The molecule has 1 heterocycles. The molecule has 2 unspecified atom stereocenters. The average Bonchev–Trinajstić information content (AvgIpc) is 2.45. The molecule has 1 aromatic carbocycles. The maximum Gasteiger partial charge on any atom is 0.121 e. The van der Waals surface area contributed by atoms with Gasteiger partial charge in [0.25, 0.3) is 0 Å². The number of β-amino-alcohol motifs (C(OH)–C–C–N with tert-alkyl or cyclic N) is 1. The van der Waals surface area contributed by atoms with Crippen LogP contribution in [0, 0.1) is 0 Å². The minimum Gasteiger partial charge on any atom is -0.491 e. The summed E-state index contributed by atoms with van der Waals surface area (Å²) in [5, 5.41) is 19.1. The van der Waals surface area contributed by atoms with Crippen LogP contribution in [-0.2, 0) is 4.74 Å². The topological polar surface area (TPSA) is 88.2 Å². The highest BCUT2D eigenvalue weighted by Crippen LogP contribution is 2.14. The van der Waals surface area contributed by atoms with Gasteiger partial charge in [0, 0.05) is 31.4 Å². The standard InChI is InChI=1S/C14H22N2O4/c15-11-2-1-3-13(6-11)20-10-12(18)7-16-4-5-19-14(8-16)9-17/h1-3,6,12,14,17-18H,4-5,7-10,15H2. The van der Waals surface area contributed by atoms with Gasteiger partial charge in [-0.1, -0.05) is 6.07 Å². The minimum atomic E-state index is -0.589. The quantitative estimate of drug-likeness (QED) is 0.621. The lowest BCUT2D eigenvalue weighted by atomic mass is 10.2. The van der Waals surface area contributed by atoms with Gasteiger partial charge in [-0.2, -0.15) is 0 Å². The lowest BCUT2D eigenvalue weighted by Gasteiger charge is -2.33. The molecule has 20 heavy (non-hydrogen) atoms. The Labute approximate surface area is 118 Å². The number of aliphatic hydroxyl groups is 2. The van der Waals surface area contributed by atoms with Crippen molar-refractivity contribution in [1.82, 2.24) is 4.90 Å². The Morgan fingerprint density at radius 3 is 3.10 bits per heavy atom. The molecule has 6 nitrogen and oxygen atoms in total. The SMILES string of the molecule is Nc1cccc(OCC(O)CN2CCOC(CO)C2)c1. The minimum absolute atomic E-state index is 0.00634. The Balaban J connectivity index is 1.73. The maximum atomic E-state index is 9.99. The van der Waals surface area contributed by atoms with Crippen molar-refractivity contribution in [1.29, 1.82) is 0 Å². The van der Waals surface area contributed by atoms with Crippen molar-refractivity contribution in [3.05, 3.63) is 24.3 Å². The summed E-state index contributed by atoms with van der Waals surface area (Å²) in [5.74, 6) is 0.652. The first-order valence-electron chi connectivity index (χ1n) is 6.78. The van der Waals surface area contributed by atoms with Crippen molar-refractivity contribution in [2.45, 2.75) is 12.2 Å². The van der Waals surface area contributed by atoms with E-state index in [-0.39, 0.29) is 19.3 Å². The molecule has 1 aliphatic heterocycles. The Morgan fingerprint density at radius 2 is 2.35 bits per heavy atom. The molecule has 0 aliphatic carbocycles. The maximum absolute atomic E-state index is 9.99. The van der Waals surface area contributed by atoms with Crippen molar-refractivity contribution >= 4 is 5.69 Å². The fraction of sp³-hybridized carbons (Fsp3) is 0.571. The highest BCUT2D eigenvalue weighted by molar-refractivity contribution is 5.43. The van der Waals surface area contributed by atoms with Gasteiger partial charge in [0.05, 0.1) is 19.3 Å². The molecule has 1 fully saturated rings. The molecule has 0 spiro atoms. The molecule has 1 saturated heterocycles. The van der Waals surface area contributed by atoms with Crippen LogP contribution in [0.25, 0.3) is 0 Å². The monoisotopic (exact) mass is 282 g/mol. The van der Waals surface area contributed by atoms with Gasteiger partial charge >= 0.3 is 0 Å². The number of nitrogens with zero attached hydrogens (tertiary/aromatic N) is 1. The molecule has 4 N–H and O–H groups in total. The van der Waals surface area contributed by atoms with Crippen molar-refractivity contribution in [2.24, 2.45) is 0 Å². The number of hydrogen-bond acceptors (Lipinski definition) is 6. The third kappa shape index (κ3) is 4.64. The van der Waals surface area contributed by atoms with E-state index in [1.807, 2.05) is 6.07 Å². The van der Waals surface area contributed by atoms with E-state index in [0.29, 0.717) is 31.1 Å². The molecular weight excluding hydrogens is 260 g/mol. The van der Waals surface area contributed by atoms with E-state index in [0.717, 1.165) is 6.54 Å². The molecular formula is C14H22N2O4. The van der Waals surface area contributed by atoms with E-state index >= 15 is 0 Å². The second-order valence-electron chi connectivity index (χ2n) is 4.97. The number of morpholine rings is 1. The van der Waals surface area contributed by atoms with Gasteiger partial charge in [0.2, 0.25) is 0 Å². The Hall–Kier alpha value is -1.34. The highest BCUT2D eigenvalue weighted by Gasteiger charge is 2.21. The van der Waals surface area contributed by atoms with Crippen molar-refractivity contribution in [3.8, 4) is 5.75 Å². The van der Waals surface area contributed by atoms with Crippen molar-refractivity contribution in [2.75, 3.05) is 45.2 Å². The zero-order valence-corrected chi connectivity index (χ0v) is 11.4. The molecule has 0 amide bonds. The summed E-state index contributed by atoms with van der Waals surface area (Å²) in [7, 11) is 0. The number of rotatable bonds is 6. The third-order valence-electron chi connectivity index (χ3n) is 3.20. The zero-order chi connectivity index (χ0) is 14.4. The van der Waals surface area contributed by atoms with Gasteiger partial charge in [-0.05, 0) is 12.1 Å². The Morgan fingerprint density at radius 1 is 1.50 bits per heavy atom. The summed E-state index contributed by atoms with van der Waals surface area (Å²) in [6, 6.07) is 7.12. The van der Waals surface area contributed by atoms with Crippen LogP contribution < -0.4 is 10.5 Å². The fourth-order valence-electron chi connectivity index (χ4n) is 2.20. The second kappa shape index (κ2) is 7.44. The fourth-order valence-corrected chi connectivity index (χ4v) is 2.20. The molecule has 0 bridgehead atoms. The van der Waals surface area contributed by atoms with Gasteiger partial charge in [-0.15, -0.1) is 0 Å². The number of hydrogen-bond donors (Lipinski definition) is 3. The largest absolute Gasteiger partial charge is 0.491 e. The van der Waals surface area contributed by atoms with E-state index in [9.17, 15) is 5.11 Å². The van der Waals surface area contributed by atoms with E-state index in [2.05, 4.69) is 4.90 Å². The summed E-state index contributed by atoms with van der Waals surface area (Å²) in [4.78, 5) is 2.07. The zero-order valence-electron chi connectivity index (χ0n) is 11.4. The van der Waals surface area contributed by atoms with Gasteiger partial charge in [-0.3, -0.25) is 4.90 Å². The number of aliphatic hydroxyl groups excluding tert-OH is 2. The Kier molecular flexibility index (Phi) is 5.60. The second-order valence-corrected chi connectivity index (χ2v) is 4.97. The van der Waals surface area contributed by atoms with E-state index in [1.54, 1.807) is 18.2 Å². The highest BCUT2D eigenvalue weighted by atomic mass is 16.5. The van der Waals surface area contributed by atoms with Crippen LogP contribution in [0.1, 0.15) is 0 Å². The molecule has 2 atom stereocenters. The van der Waals surface area contributed by atoms with E-state index < -0.39 is 6.10 Å². The first-order chi connectivity index (χ1) is 9.67. The first kappa shape index (κ1) is 15.1. The van der Waals surface area contributed by atoms with Crippen LogP contribution in [0.2, 0.25) is 0 Å². The lowest BCUT2D eigenvalue weighted by molar-refractivity contribution is -0.0641. The number of ether oxygens (including phenoxy) is 2. The predicted octanol–water partition coefficient (Wildman–Crippen LogP) is -0.298. The molecule has 0 radical (unpaired) electrons. The van der Waals surface area contributed by atoms with Crippen molar-refractivity contribution in [3.63, 3.8) is 0 Å². The molecule has 0 aromatic heterocycles. The Bertz CT molecular complexity index is 416. The molecule has 112 valence electrons. The molecule has 2 rings (SSSR count). The van der Waals surface area contributed by atoms with Gasteiger partial charge in [-0.25, -0.2) is 0 Å². The van der Waals surface area contributed by atoms with Crippen LogP contribution in [0.4, 0.5) is 5.69 Å². The summed E-state index contributed by atoms with van der Waals surface area (Å²) < 4.78 is 10.9. The van der Waals surface area contributed by atoms with Gasteiger partial charge in [0.1, 0.15) is 18.5 Å². The van der Waals surface area contributed by atoms with E-state index in [4.69, 9.17) is 20.3 Å². The smallest absolute Gasteiger partial charge is 0.121 e. The predicted molar refractivity (Wildman–Crippen MR) is 75.6 cm³/mol. The van der Waals surface area contributed by atoms with Crippen LogP contribution in [0.3, 0.4) is 0 Å². The first-order valence-corrected chi connectivity index (χ1v) is 6.78. The average molecular weight is 282 g/mol. The van der Waals surface area contributed by atoms with E-state index in [1.165, 1.54) is 0 Å². The summed E-state index contributed by atoms with van der Waals surface area (Å²) in [5.41, 5.74) is 6.29. The summed E-state index contributed by atoms with van der Waals surface area (Å²) in [6.45, 7) is 2.69. The van der Waals surface area contributed by atoms with Gasteiger partial charge < -0.3 is 25.4 Å². The summed E-state index contributed by atoms with van der Waals surface area (Å²) in [6.07, 6.45) is -0.750. The summed E-state index contributed by atoms with van der Waals surface area (Å²) >= 11 is 0. The third-order valence-corrected chi connectivity index (χ3v) is 3.20. The van der Waals surface area contributed by atoms with Gasteiger partial charge in [0.15, 0.2) is 0 Å². The van der Waals surface area contributed by atoms with Crippen LogP contribution in [0.15, 0.2) is 24.3 Å². The van der Waals surface area contributed by atoms with Crippen LogP contribution >= 0.6 is 0 Å². The lowest BCUT2D eigenvalue weighted by Crippen LogP contribution is -2.47. The molecule has 0 saturated carbocycles. The van der Waals surface area contributed by atoms with Crippen molar-refractivity contribution < 1.29 is 19.7 Å². The number of anilines is 1. The van der Waals surface area contributed by atoms with Crippen LogP contribution in [0.5, 0.6) is 5.75 Å². The normalized spacial score (nSPS) is 21.6. The molecule has 1 aromatic rings. The number of nitrogen functional groups attached to an aromatic ring is 1. The number of benzene rings is 1. The molecule has 6 heteroatoms. The van der Waals surface area contributed by atoms with Crippen LogP contribution in [-0.4, -0.2) is 66.8 Å².